The standard InChI is InChI=1S/C59H110O6/c1-4-7-10-13-16-19-22-25-28-29-32-35-38-41-44-47-50-53-59(62)65-56(54-63-57(60)51-48-45-42-39-36-33-30-26-23-20-17-14-11-8-5-2)55-64-58(61)52-49-46-43-40-37-34-31-27-24-21-18-15-12-9-6-3/h17,20,26,30,56H,4-16,18-19,21-25,27-29,31-55H2,1-3H3/b20-17-,30-26-/t56-/m1/s1. The van der Waals surface area contributed by atoms with Crippen LogP contribution in [0.5, 0.6) is 0 Å². The number of carbonyl (C=O) groups excluding carboxylic acids is 3. The van der Waals surface area contributed by atoms with E-state index in [0.29, 0.717) is 19.3 Å². The highest BCUT2D eigenvalue weighted by Crippen LogP contribution is 2.17. The van der Waals surface area contributed by atoms with Crippen LogP contribution in [0.4, 0.5) is 0 Å². The van der Waals surface area contributed by atoms with Crippen molar-refractivity contribution in [1.29, 1.82) is 0 Å². The summed E-state index contributed by atoms with van der Waals surface area (Å²) in [5.41, 5.74) is 0. The molecule has 0 saturated heterocycles. The Labute approximate surface area is 404 Å². The summed E-state index contributed by atoms with van der Waals surface area (Å²) in [6.45, 7) is 6.65. The molecule has 0 unspecified atom stereocenters. The van der Waals surface area contributed by atoms with Crippen LogP contribution in [0.1, 0.15) is 316 Å². The Balaban J connectivity index is 4.34. The fraction of sp³-hybridized carbons (Fsp3) is 0.881. The van der Waals surface area contributed by atoms with E-state index in [1.807, 2.05) is 0 Å². The average molecular weight is 916 g/mol. The summed E-state index contributed by atoms with van der Waals surface area (Å²) < 4.78 is 16.9. The van der Waals surface area contributed by atoms with E-state index in [9.17, 15) is 14.4 Å². The van der Waals surface area contributed by atoms with Gasteiger partial charge in [0.15, 0.2) is 6.10 Å². The largest absolute Gasteiger partial charge is 0.462 e. The number of allylic oxidation sites excluding steroid dienone is 4. The zero-order valence-electron chi connectivity index (χ0n) is 43.8. The summed E-state index contributed by atoms with van der Waals surface area (Å²) >= 11 is 0. The minimum atomic E-state index is -0.771. The van der Waals surface area contributed by atoms with Gasteiger partial charge in [-0.2, -0.15) is 0 Å². The molecular formula is C59H110O6. The Kier molecular flexibility index (Phi) is 52.7. The van der Waals surface area contributed by atoms with Gasteiger partial charge in [0, 0.05) is 19.3 Å². The highest BCUT2D eigenvalue weighted by Gasteiger charge is 2.19. The SMILES string of the molecule is CCCCC/C=C\C/C=C\CCCCCCCC(=O)OC[C@H](COC(=O)CCCCCCCCCCCCCCCCC)OC(=O)CCCCCCCCCCCCCCCCCCC. The van der Waals surface area contributed by atoms with Crippen LogP contribution >= 0.6 is 0 Å². The Morgan fingerprint density at radius 2 is 0.554 bits per heavy atom. The van der Waals surface area contributed by atoms with E-state index < -0.39 is 6.10 Å². The first-order valence-electron chi connectivity index (χ1n) is 28.8. The van der Waals surface area contributed by atoms with Crippen molar-refractivity contribution < 1.29 is 28.6 Å². The van der Waals surface area contributed by atoms with E-state index in [4.69, 9.17) is 14.2 Å². The van der Waals surface area contributed by atoms with Crippen LogP contribution in [-0.2, 0) is 28.6 Å². The molecule has 1 atom stereocenters. The Bertz CT molecular complexity index is 1050. The van der Waals surface area contributed by atoms with Crippen LogP contribution in [0.3, 0.4) is 0 Å². The van der Waals surface area contributed by atoms with Gasteiger partial charge in [0.25, 0.3) is 0 Å². The highest BCUT2D eigenvalue weighted by atomic mass is 16.6. The van der Waals surface area contributed by atoms with Gasteiger partial charge >= 0.3 is 17.9 Å². The lowest BCUT2D eigenvalue weighted by atomic mass is 10.0. The van der Waals surface area contributed by atoms with Gasteiger partial charge in [-0.3, -0.25) is 14.4 Å². The molecule has 0 aromatic carbocycles. The molecule has 0 aromatic rings. The maximum Gasteiger partial charge on any atom is 0.306 e. The summed E-state index contributed by atoms with van der Waals surface area (Å²) in [6.07, 6.45) is 63.0. The predicted octanol–water partition coefficient (Wildman–Crippen LogP) is 19.1. The van der Waals surface area contributed by atoms with Crippen molar-refractivity contribution in [3.63, 3.8) is 0 Å². The Morgan fingerprint density at radius 3 is 0.877 bits per heavy atom. The van der Waals surface area contributed by atoms with Crippen molar-refractivity contribution >= 4 is 17.9 Å². The lowest BCUT2D eigenvalue weighted by Crippen LogP contribution is -2.30. The first-order chi connectivity index (χ1) is 32.0. The summed E-state index contributed by atoms with van der Waals surface area (Å²) in [5.74, 6) is -0.862. The first kappa shape index (κ1) is 62.9. The van der Waals surface area contributed by atoms with Gasteiger partial charge in [0.1, 0.15) is 13.2 Å². The molecule has 0 spiro atoms. The molecule has 0 aromatic heterocycles. The third kappa shape index (κ3) is 52.7. The van der Waals surface area contributed by atoms with Gasteiger partial charge in [-0.15, -0.1) is 0 Å². The molecule has 0 aliphatic heterocycles. The number of hydrogen-bond donors (Lipinski definition) is 0. The van der Waals surface area contributed by atoms with Gasteiger partial charge in [0.2, 0.25) is 0 Å². The van der Waals surface area contributed by atoms with Crippen molar-refractivity contribution in [2.45, 2.75) is 322 Å². The zero-order chi connectivity index (χ0) is 47.2. The molecule has 0 aliphatic rings. The minimum absolute atomic E-state index is 0.0701. The topological polar surface area (TPSA) is 78.9 Å². The van der Waals surface area contributed by atoms with E-state index in [1.54, 1.807) is 0 Å². The van der Waals surface area contributed by atoms with Crippen molar-refractivity contribution in [3.05, 3.63) is 24.3 Å². The molecule has 0 fully saturated rings. The van der Waals surface area contributed by atoms with Crippen LogP contribution in [0, 0.1) is 0 Å². The number of esters is 3. The smallest absolute Gasteiger partial charge is 0.306 e. The molecule has 0 rings (SSSR count). The second-order valence-electron chi connectivity index (χ2n) is 19.6. The van der Waals surface area contributed by atoms with Crippen LogP contribution in [0.15, 0.2) is 24.3 Å². The minimum Gasteiger partial charge on any atom is -0.462 e. The van der Waals surface area contributed by atoms with Crippen LogP contribution in [0.2, 0.25) is 0 Å². The quantitative estimate of drug-likeness (QED) is 0.0262. The first-order valence-corrected chi connectivity index (χ1v) is 28.8. The van der Waals surface area contributed by atoms with Gasteiger partial charge < -0.3 is 14.2 Å². The molecule has 0 aliphatic carbocycles. The van der Waals surface area contributed by atoms with E-state index in [1.165, 1.54) is 199 Å². The summed E-state index contributed by atoms with van der Waals surface area (Å²) in [6, 6.07) is 0. The molecule has 0 bridgehead atoms. The van der Waals surface area contributed by atoms with Crippen molar-refractivity contribution in [1.82, 2.24) is 0 Å². The zero-order valence-corrected chi connectivity index (χ0v) is 43.8. The van der Waals surface area contributed by atoms with E-state index in [2.05, 4.69) is 45.1 Å². The van der Waals surface area contributed by atoms with Gasteiger partial charge in [-0.05, 0) is 51.4 Å². The summed E-state index contributed by atoms with van der Waals surface area (Å²) in [4.78, 5) is 38.1. The molecule has 0 N–H and O–H groups in total. The van der Waals surface area contributed by atoms with Crippen LogP contribution in [0.25, 0.3) is 0 Å². The molecule has 0 amide bonds. The third-order valence-electron chi connectivity index (χ3n) is 13.0. The average Bonchev–Trinajstić information content (AvgIpc) is 3.30. The van der Waals surface area contributed by atoms with Gasteiger partial charge in [0.05, 0.1) is 0 Å². The fourth-order valence-corrected chi connectivity index (χ4v) is 8.59. The molecule has 6 heteroatoms. The molecule has 0 saturated carbocycles. The molecule has 65 heavy (non-hydrogen) atoms. The number of unbranched alkanes of at least 4 members (excludes halogenated alkanes) is 38. The lowest BCUT2D eigenvalue weighted by Gasteiger charge is -2.18. The normalized spacial score (nSPS) is 12.1. The van der Waals surface area contributed by atoms with Crippen LogP contribution in [-0.4, -0.2) is 37.2 Å². The van der Waals surface area contributed by atoms with Crippen molar-refractivity contribution in [2.75, 3.05) is 13.2 Å². The molecule has 382 valence electrons. The second kappa shape index (κ2) is 54.5. The number of carbonyl (C=O) groups is 3. The maximum atomic E-state index is 12.9. The number of rotatable bonds is 53. The van der Waals surface area contributed by atoms with Gasteiger partial charge in [-0.25, -0.2) is 0 Å². The van der Waals surface area contributed by atoms with E-state index in [-0.39, 0.29) is 31.1 Å². The molecular weight excluding hydrogens is 805 g/mol. The van der Waals surface area contributed by atoms with E-state index in [0.717, 1.165) is 77.0 Å². The second-order valence-corrected chi connectivity index (χ2v) is 19.6. The fourth-order valence-electron chi connectivity index (χ4n) is 8.59. The maximum absolute atomic E-state index is 12.9. The Morgan fingerprint density at radius 1 is 0.308 bits per heavy atom. The van der Waals surface area contributed by atoms with Crippen molar-refractivity contribution in [3.8, 4) is 0 Å². The molecule has 0 radical (unpaired) electrons. The number of hydrogen-bond acceptors (Lipinski definition) is 6. The third-order valence-corrected chi connectivity index (χ3v) is 13.0. The monoisotopic (exact) mass is 915 g/mol. The van der Waals surface area contributed by atoms with Gasteiger partial charge in [-0.1, -0.05) is 270 Å². The number of ether oxygens (including phenoxy) is 3. The lowest BCUT2D eigenvalue weighted by molar-refractivity contribution is -0.167. The predicted molar refractivity (Wildman–Crippen MR) is 279 cm³/mol. The molecule has 6 nitrogen and oxygen atoms in total. The van der Waals surface area contributed by atoms with Crippen molar-refractivity contribution in [2.24, 2.45) is 0 Å². The molecule has 0 heterocycles. The van der Waals surface area contributed by atoms with Crippen LogP contribution < -0.4 is 0 Å². The summed E-state index contributed by atoms with van der Waals surface area (Å²) in [5, 5.41) is 0. The summed E-state index contributed by atoms with van der Waals surface area (Å²) in [7, 11) is 0. The van der Waals surface area contributed by atoms with E-state index >= 15 is 0 Å². The Hall–Kier alpha value is -2.11. The highest BCUT2D eigenvalue weighted by molar-refractivity contribution is 5.71.